The maximum Gasteiger partial charge on any atom is 0.192 e. The number of ether oxygens (including phenoxy) is 1. The molecule has 2 nitrogen and oxygen atoms in total. The molecular weight excluding hydrogens is 300 g/mol. The zero-order chi connectivity index (χ0) is 17.6. The van der Waals surface area contributed by atoms with E-state index in [4.69, 9.17) is 9.16 Å². The number of unbranched alkanes of at least 4 members (excludes halogenated alkanes) is 9. The predicted molar refractivity (Wildman–Crippen MR) is 106 cm³/mol. The molecule has 0 aliphatic heterocycles. The number of hydrogen-bond acceptors (Lipinski definition) is 2. The van der Waals surface area contributed by atoms with Crippen LogP contribution in [0.3, 0.4) is 0 Å². The van der Waals surface area contributed by atoms with E-state index in [0.717, 1.165) is 19.8 Å². The zero-order valence-electron chi connectivity index (χ0n) is 17.0. The van der Waals surface area contributed by atoms with Crippen LogP contribution in [-0.4, -0.2) is 28.1 Å². The Morgan fingerprint density at radius 3 is 1.61 bits per heavy atom. The highest BCUT2D eigenvalue weighted by Crippen LogP contribution is 2.36. The fourth-order valence-electron chi connectivity index (χ4n) is 2.37. The van der Waals surface area contributed by atoms with Gasteiger partial charge in [-0.3, -0.25) is 0 Å². The first-order valence-electron chi connectivity index (χ1n) is 10.0. The highest BCUT2D eigenvalue weighted by atomic mass is 28.4. The van der Waals surface area contributed by atoms with Crippen LogP contribution < -0.4 is 0 Å². The van der Waals surface area contributed by atoms with Crippen molar-refractivity contribution in [2.75, 3.05) is 19.8 Å². The van der Waals surface area contributed by atoms with Gasteiger partial charge in [0.05, 0.1) is 13.2 Å². The lowest BCUT2D eigenvalue weighted by molar-refractivity contribution is 0.0925. The van der Waals surface area contributed by atoms with E-state index in [0.29, 0.717) is 5.04 Å². The highest BCUT2D eigenvalue weighted by Gasteiger charge is 2.36. The van der Waals surface area contributed by atoms with E-state index >= 15 is 0 Å². The van der Waals surface area contributed by atoms with Crippen LogP contribution in [0, 0.1) is 0 Å². The van der Waals surface area contributed by atoms with Crippen LogP contribution in [0.2, 0.25) is 18.1 Å². The summed E-state index contributed by atoms with van der Waals surface area (Å²) in [4.78, 5) is 0. The number of hydrogen-bond donors (Lipinski definition) is 0. The lowest BCUT2D eigenvalue weighted by Crippen LogP contribution is -2.41. The molecule has 0 saturated heterocycles. The minimum Gasteiger partial charge on any atom is -0.414 e. The van der Waals surface area contributed by atoms with E-state index in [9.17, 15) is 0 Å². The Labute approximate surface area is 147 Å². The third-order valence-corrected chi connectivity index (χ3v) is 9.68. The van der Waals surface area contributed by atoms with E-state index in [1.807, 2.05) is 0 Å². The molecule has 0 aliphatic carbocycles. The Hall–Kier alpha value is 0.137. The summed E-state index contributed by atoms with van der Waals surface area (Å²) in [6.45, 7) is 16.1. The summed E-state index contributed by atoms with van der Waals surface area (Å²) in [5, 5.41) is 0.295. The molecule has 0 amide bonds. The van der Waals surface area contributed by atoms with Crippen LogP contribution in [0.15, 0.2) is 0 Å². The molecule has 0 aromatic rings. The van der Waals surface area contributed by atoms with Gasteiger partial charge < -0.3 is 9.16 Å². The summed E-state index contributed by atoms with van der Waals surface area (Å²) in [5.41, 5.74) is 0. The molecule has 0 unspecified atom stereocenters. The molecule has 140 valence electrons. The van der Waals surface area contributed by atoms with Crippen molar-refractivity contribution in [3.8, 4) is 0 Å². The van der Waals surface area contributed by atoms with Gasteiger partial charge >= 0.3 is 0 Å². The maximum absolute atomic E-state index is 6.11. The van der Waals surface area contributed by atoms with Crippen molar-refractivity contribution < 1.29 is 9.16 Å². The van der Waals surface area contributed by atoms with E-state index < -0.39 is 8.32 Å². The molecule has 0 fully saturated rings. The Kier molecular flexibility index (Phi) is 13.5. The van der Waals surface area contributed by atoms with Gasteiger partial charge in [0, 0.05) is 6.61 Å². The van der Waals surface area contributed by atoms with Gasteiger partial charge in [0.25, 0.3) is 0 Å². The SMILES string of the molecule is CCCCCCCCCCCCOCCO[Si](C)(C)C(C)(C)C. The molecule has 0 aromatic heterocycles. The van der Waals surface area contributed by atoms with Gasteiger partial charge in [0.2, 0.25) is 0 Å². The Morgan fingerprint density at radius 1 is 0.652 bits per heavy atom. The van der Waals surface area contributed by atoms with Crippen LogP contribution in [0.4, 0.5) is 0 Å². The molecule has 0 aromatic carbocycles. The normalized spacial score (nSPS) is 12.8. The summed E-state index contributed by atoms with van der Waals surface area (Å²) in [5.74, 6) is 0. The summed E-state index contributed by atoms with van der Waals surface area (Å²) in [7, 11) is -1.59. The second-order valence-electron chi connectivity index (χ2n) is 8.40. The second kappa shape index (κ2) is 13.4. The molecular formula is C20H44O2Si. The monoisotopic (exact) mass is 344 g/mol. The van der Waals surface area contributed by atoms with Crippen molar-refractivity contribution in [2.45, 2.75) is 110 Å². The average molecular weight is 345 g/mol. The smallest absolute Gasteiger partial charge is 0.192 e. The first-order valence-corrected chi connectivity index (χ1v) is 12.9. The topological polar surface area (TPSA) is 18.5 Å². The van der Waals surface area contributed by atoms with Gasteiger partial charge in [0.15, 0.2) is 8.32 Å². The van der Waals surface area contributed by atoms with Gasteiger partial charge in [-0.15, -0.1) is 0 Å². The van der Waals surface area contributed by atoms with Crippen molar-refractivity contribution in [3.05, 3.63) is 0 Å². The van der Waals surface area contributed by atoms with Crippen molar-refractivity contribution in [2.24, 2.45) is 0 Å². The third-order valence-electron chi connectivity index (χ3n) is 5.14. The maximum atomic E-state index is 6.11. The second-order valence-corrected chi connectivity index (χ2v) is 13.2. The molecule has 0 heterocycles. The Morgan fingerprint density at radius 2 is 1.13 bits per heavy atom. The van der Waals surface area contributed by atoms with E-state index in [1.54, 1.807) is 0 Å². The summed E-state index contributed by atoms with van der Waals surface area (Å²) in [6.07, 6.45) is 13.8. The largest absolute Gasteiger partial charge is 0.414 e. The molecule has 3 heteroatoms. The first-order chi connectivity index (χ1) is 10.8. The minimum atomic E-state index is -1.59. The van der Waals surface area contributed by atoms with Gasteiger partial charge in [-0.05, 0) is 24.6 Å². The van der Waals surface area contributed by atoms with Crippen LogP contribution >= 0.6 is 0 Å². The van der Waals surface area contributed by atoms with Gasteiger partial charge in [-0.2, -0.15) is 0 Å². The lowest BCUT2D eigenvalue weighted by Gasteiger charge is -2.36. The molecule has 0 bridgehead atoms. The standard InChI is InChI=1S/C20H44O2Si/c1-7-8-9-10-11-12-13-14-15-16-17-21-18-19-22-23(5,6)20(2,3)4/h7-19H2,1-6H3. The van der Waals surface area contributed by atoms with Crippen LogP contribution in [0.1, 0.15) is 91.9 Å². The molecule has 0 radical (unpaired) electrons. The molecule has 0 rings (SSSR count). The number of rotatable bonds is 15. The van der Waals surface area contributed by atoms with Crippen molar-refractivity contribution in [1.82, 2.24) is 0 Å². The molecule has 0 N–H and O–H groups in total. The van der Waals surface area contributed by atoms with Crippen molar-refractivity contribution >= 4 is 8.32 Å². The average Bonchev–Trinajstić information content (AvgIpc) is 2.46. The Balaban J connectivity index is 3.25. The van der Waals surface area contributed by atoms with Crippen molar-refractivity contribution in [3.63, 3.8) is 0 Å². The van der Waals surface area contributed by atoms with Gasteiger partial charge in [-0.25, -0.2) is 0 Å². The Bertz CT molecular complexity index is 259. The predicted octanol–water partition coefficient (Wildman–Crippen LogP) is 6.95. The molecule has 0 atom stereocenters. The summed E-state index contributed by atoms with van der Waals surface area (Å²) in [6, 6.07) is 0. The van der Waals surface area contributed by atoms with Gasteiger partial charge in [-0.1, -0.05) is 85.5 Å². The van der Waals surface area contributed by atoms with Crippen molar-refractivity contribution in [1.29, 1.82) is 0 Å². The van der Waals surface area contributed by atoms with Crippen LogP contribution in [0.25, 0.3) is 0 Å². The zero-order valence-corrected chi connectivity index (χ0v) is 18.0. The quantitative estimate of drug-likeness (QED) is 0.236. The van der Waals surface area contributed by atoms with E-state index in [1.165, 1.54) is 64.2 Å². The van der Waals surface area contributed by atoms with Crippen LogP contribution in [0.5, 0.6) is 0 Å². The molecule has 0 spiro atoms. The summed E-state index contributed by atoms with van der Waals surface area (Å²) >= 11 is 0. The fourth-order valence-corrected chi connectivity index (χ4v) is 3.39. The first kappa shape index (κ1) is 23.1. The van der Waals surface area contributed by atoms with E-state index in [-0.39, 0.29) is 0 Å². The summed E-state index contributed by atoms with van der Waals surface area (Å²) < 4.78 is 11.8. The third kappa shape index (κ3) is 13.1. The minimum absolute atomic E-state index is 0.295. The van der Waals surface area contributed by atoms with Crippen LogP contribution in [-0.2, 0) is 9.16 Å². The molecule has 0 saturated carbocycles. The highest BCUT2D eigenvalue weighted by molar-refractivity contribution is 6.74. The van der Waals surface area contributed by atoms with Gasteiger partial charge in [0.1, 0.15) is 0 Å². The molecule has 0 aliphatic rings. The molecule has 23 heavy (non-hydrogen) atoms. The fraction of sp³-hybridized carbons (Fsp3) is 1.00. The lowest BCUT2D eigenvalue weighted by atomic mass is 10.1. The van der Waals surface area contributed by atoms with E-state index in [2.05, 4.69) is 40.8 Å².